The third-order valence-electron chi connectivity index (χ3n) is 2.65. The van der Waals surface area contributed by atoms with Crippen LogP contribution in [-0.4, -0.2) is 49.0 Å². The molecule has 1 aliphatic rings. The maximum atomic E-state index is 9.08. The Bertz CT molecular complexity index is 298. The molecule has 1 saturated heterocycles. The molecular weight excluding hydrogens is 204 g/mol. The highest BCUT2D eigenvalue weighted by Crippen LogP contribution is 2.08. The first-order valence-electron chi connectivity index (χ1n) is 5.37. The Balaban J connectivity index is 2.59. The van der Waals surface area contributed by atoms with Crippen LogP contribution in [0.4, 0.5) is 0 Å². The first-order valence-corrected chi connectivity index (χ1v) is 5.37. The first-order chi connectivity index (χ1) is 7.67. The summed E-state index contributed by atoms with van der Waals surface area (Å²) in [4.78, 5) is 5.82. The average Bonchev–Trinajstić information content (AvgIpc) is 2.35. The van der Waals surface area contributed by atoms with Gasteiger partial charge in [0.05, 0.1) is 6.61 Å². The fourth-order valence-corrected chi connectivity index (χ4v) is 1.63. The van der Waals surface area contributed by atoms with E-state index in [1.54, 1.807) is 6.08 Å². The number of aliphatic imine (C=N–C) groups is 1. The second-order valence-corrected chi connectivity index (χ2v) is 3.84. The van der Waals surface area contributed by atoms with Crippen LogP contribution in [0.2, 0.25) is 0 Å². The van der Waals surface area contributed by atoms with Crippen molar-refractivity contribution in [1.29, 1.82) is 0 Å². The van der Waals surface area contributed by atoms with Crippen LogP contribution < -0.4 is 11.1 Å². The van der Waals surface area contributed by atoms with Crippen LogP contribution in [0.15, 0.2) is 28.7 Å². The van der Waals surface area contributed by atoms with Crippen molar-refractivity contribution in [1.82, 2.24) is 10.2 Å². The number of piperazine rings is 1. The van der Waals surface area contributed by atoms with E-state index < -0.39 is 0 Å². The number of nitrogens with two attached hydrogens (primary N) is 1. The van der Waals surface area contributed by atoms with Gasteiger partial charge in [0.2, 0.25) is 0 Å². The van der Waals surface area contributed by atoms with E-state index in [4.69, 9.17) is 10.8 Å². The quantitative estimate of drug-likeness (QED) is 0.451. The van der Waals surface area contributed by atoms with E-state index in [0.29, 0.717) is 5.82 Å². The van der Waals surface area contributed by atoms with E-state index in [0.717, 1.165) is 25.3 Å². The number of hydrogen-bond acceptors (Lipinski definition) is 5. The molecule has 0 aliphatic carbocycles. The molecule has 5 nitrogen and oxygen atoms in total. The molecule has 90 valence electrons. The van der Waals surface area contributed by atoms with E-state index in [1.807, 2.05) is 13.0 Å². The molecule has 1 fully saturated rings. The lowest BCUT2D eigenvalue weighted by Crippen LogP contribution is -2.51. The highest BCUT2D eigenvalue weighted by atomic mass is 16.3. The van der Waals surface area contributed by atoms with Gasteiger partial charge in [-0.15, -0.1) is 0 Å². The van der Waals surface area contributed by atoms with Gasteiger partial charge in [-0.2, -0.15) is 0 Å². The summed E-state index contributed by atoms with van der Waals surface area (Å²) < 4.78 is 0. The molecule has 0 aromatic carbocycles. The molecule has 1 atom stereocenters. The lowest BCUT2D eigenvalue weighted by molar-refractivity contribution is 0.172. The zero-order valence-electron chi connectivity index (χ0n) is 9.69. The summed E-state index contributed by atoms with van der Waals surface area (Å²) in [5.74, 6) is 0.410. The molecule has 16 heavy (non-hydrogen) atoms. The van der Waals surface area contributed by atoms with E-state index in [1.165, 1.54) is 0 Å². The van der Waals surface area contributed by atoms with Gasteiger partial charge in [0, 0.05) is 31.4 Å². The molecule has 4 N–H and O–H groups in total. The smallest absolute Gasteiger partial charge is 0.122 e. The molecule has 0 bridgehead atoms. The maximum Gasteiger partial charge on any atom is 0.122 e. The van der Waals surface area contributed by atoms with E-state index in [9.17, 15) is 0 Å². The van der Waals surface area contributed by atoms with Gasteiger partial charge in [-0.25, -0.2) is 4.99 Å². The van der Waals surface area contributed by atoms with Crippen LogP contribution in [0.25, 0.3) is 0 Å². The molecule has 0 aromatic heterocycles. The van der Waals surface area contributed by atoms with Crippen LogP contribution in [0.1, 0.15) is 6.92 Å². The van der Waals surface area contributed by atoms with Crippen molar-refractivity contribution < 1.29 is 5.11 Å². The van der Waals surface area contributed by atoms with Crippen LogP contribution in [-0.2, 0) is 0 Å². The van der Waals surface area contributed by atoms with Gasteiger partial charge in [0.25, 0.3) is 0 Å². The van der Waals surface area contributed by atoms with Crippen LogP contribution >= 0.6 is 0 Å². The minimum atomic E-state index is 0.149. The van der Waals surface area contributed by atoms with Crippen molar-refractivity contribution in [3.05, 3.63) is 23.7 Å². The Morgan fingerprint density at radius 2 is 2.44 bits per heavy atom. The maximum absolute atomic E-state index is 9.08. The van der Waals surface area contributed by atoms with Gasteiger partial charge >= 0.3 is 0 Å². The first kappa shape index (κ1) is 12.7. The van der Waals surface area contributed by atoms with Gasteiger partial charge in [-0.1, -0.05) is 0 Å². The molecule has 1 heterocycles. The van der Waals surface area contributed by atoms with Gasteiger partial charge < -0.3 is 21.1 Å². The number of aliphatic hydroxyl groups is 1. The highest BCUT2D eigenvalue weighted by molar-refractivity contribution is 5.29. The van der Waals surface area contributed by atoms with Gasteiger partial charge in [-0.05, 0) is 25.8 Å². The summed E-state index contributed by atoms with van der Waals surface area (Å²) in [6.07, 6.45) is 3.65. The number of rotatable bonds is 4. The Kier molecular flexibility index (Phi) is 5.01. The van der Waals surface area contributed by atoms with Crippen molar-refractivity contribution in [2.45, 2.75) is 13.0 Å². The molecule has 0 radical (unpaired) electrons. The summed E-state index contributed by atoms with van der Waals surface area (Å²) in [7, 11) is 0. The third-order valence-corrected chi connectivity index (χ3v) is 2.65. The minimum absolute atomic E-state index is 0.149. The molecule has 1 aliphatic heterocycles. The topological polar surface area (TPSA) is 73.9 Å². The van der Waals surface area contributed by atoms with Crippen LogP contribution in [0.5, 0.6) is 0 Å². The number of aliphatic hydroxyl groups excluding tert-OH is 1. The number of nitrogens with zero attached hydrogens (tertiary/aromatic N) is 2. The zero-order chi connectivity index (χ0) is 12.0. The van der Waals surface area contributed by atoms with E-state index >= 15 is 0 Å². The van der Waals surface area contributed by atoms with Crippen molar-refractivity contribution >= 4 is 6.72 Å². The SMILES string of the molecule is C=N/C(N)=C\C=C(/C)N1CCN[C@@H](CO)C1. The summed E-state index contributed by atoms with van der Waals surface area (Å²) in [5.41, 5.74) is 6.64. The monoisotopic (exact) mass is 224 g/mol. The minimum Gasteiger partial charge on any atom is -0.395 e. The van der Waals surface area contributed by atoms with E-state index in [2.05, 4.69) is 21.9 Å². The second kappa shape index (κ2) is 6.30. The Hall–Kier alpha value is -1.33. The average molecular weight is 224 g/mol. The van der Waals surface area contributed by atoms with Crippen molar-refractivity contribution in [3.63, 3.8) is 0 Å². The fourth-order valence-electron chi connectivity index (χ4n) is 1.63. The Morgan fingerprint density at radius 3 is 3.06 bits per heavy atom. The number of allylic oxidation sites excluding steroid dienone is 3. The lowest BCUT2D eigenvalue weighted by Gasteiger charge is -2.34. The predicted molar refractivity (Wildman–Crippen MR) is 66.0 cm³/mol. The van der Waals surface area contributed by atoms with Gasteiger partial charge in [0.15, 0.2) is 0 Å². The number of nitrogens with one attached hydrogen (secondary N) is 1. The lowest BCUT2D eigenvalue weighted by atomic mass is 10.2. The van der Waals surface area contributed by atoms with E-state index in [-0.39, 0.29) is 12.6 Å². The molecule has 0 amide bonds. The van der Waals surface area contributed by atoms with Crippen molar-refractivity contribution in [2.75, 3.05) is 26.2 Å². The Labute approximate surface area is 96.3 Å². The van der Waals surface area contributed by atoms with Gasteiger partial charge in [0.1, 0.15) is 5.82 Å². The molecule has 1 rings (SSSR count). The van der Waals surface area contributed by atoms with Crippen molar-refractivity contribution in [3.8, 4) is 0 Å². The third kappa shape index (κ3) is 3.67. The zero-order valence-corrected chi connectivity index (χ0v) is 9.69. The highest BCUT2D eigenvalue weighted by Gasteiger charge is 2.17. The summed E-state index contributed by atoms with van der Waals surface area (Å²) in [6.45, 7) is 8.17. The fraction of sp³-hybridized carbons (Fsp3) is 0.545. The molecule has 5 heteroatoms. The molecule has 0 unspecified atom stereocenters. The normalized spacial score (nSPS) is 23.4. The molecule has 0 spiro atoms. The summed E-state index contributed by atoms with van der Waals surface area (Å²) in [5, 5.41) is 12.3. The number of hydrogen-bond donors (Lipinski definition) is 3. The summed E-state index contributed by atoms with van der Waals surface area (Å²) in [6, 6.07) is 0.149. The molecule has 0 saturated carbocycles. The molecular formula is C11H20N4O. The van der Waals surface area contributed by atoms with Crippen LogP contribution in [0, 0.1) is 0 Å². The van der Waals surface area contributed by atoms with Gasteiger partial charge in [-0.3, -0.25) is 0 Å². The second-order valence-electron chi connectivity index (χ2n) is 3.84. The predicted octanol–water partition coefficient (Wildman–Crippen LogP) is -0.343. The van der Waals surface area contributed by atoms with Crippen LogP contribution in [0.3, 0.4) is 0 Å². The van der Waals surface area contributed by atoms with Crippen molar-refractivity contribution in [2.24, 2.45) is 10.7 Å². The summed E-state index contributed by atoms with van der Waals surface area (Å²) >= 11 is 0. The standard InChI is InChI=1S/C11H20N4O/c1-9(3-4-11(12)13-2)15-6-5-14-10(7-15)8-16/h3-4,10,14,16H,2,5-8,12H2,1H3/b9-3+,11-4-/t10-/m1/s1. The molecule has 0 aromatic rings. The Morgan fingerprint density at radius 1 is 1.69 bits per heavy atom. The largest absolute Gasteiger partial charge is 0.395 e.